The minimum atomic E-state index is -2.09. The molecule has 0 radical (unpaired) electrons. The van der Waals surface area contributed by atoms with Crippen molar-refractivity contribution in [1.82, 2.24) is 9.99 Å². The SMILES string of the molecule is COc1c(N2CCCC(N/N=C/c3c4c(O)c5c(O)c(C)c6c(c5c3O)C(=O)[C@@](C)(OCC[C@H](OC)[C@@H](C)[C@@H](OC(C)=O)[C@H](N)[C@H](O)[C@H](C)[C@@H](O)[C@@H](C)/C=C/C=C(/C)C(=O)N4)O6)C2)c(F)cc2c(=O)c(C(=O)O)cn(C3CC3)c12. The third-order valence-electron chi connectivity index (χ3n) is 15.8. The number of piperidine rings is 1. The fourth-order valence-corrected chi connectivity index (χ4v) is 11.1. The van der Waals surface area contributed by atoms with Crippen molar-refractivity contribution in [2.24, 2.45) is 28.6 Å². The van der Waals surface area contributed by atoms with Gasteiger partial charge in [0.1, 0.15) is 34.6 Å². The average molecular weight is 1100 g/mol. The Labute approximate surface area is 454 Å². The van der Waals surface area contributed by atoms with Crippen LogP contribution in [0.15, 0.2) is 46.0 Å². The van der Waals surface area contributed by atoms with Gasteiger partial charge in [0.05, 0.1) is 83.4 Å². The molecule has 1 unspecified atom stereocenters. The van der Waals surface area contributed by atoms with Crippen molar-refractivity contribution in [2.45, 2.75) is 129 Å². The van der Waals surface area contributed by atoms with Crippen molar-refractivity contribution < 1.29 is 77.9 Å². The van der Waals surface area contributed by atoms with Crippen molar-refractivity contribution >= 4 is 62.9 Å². The number of allylic oxidation sites excluding steroid dienone is 2. The number of nitrogens with two attached hydrogens (primary N) is 1. The van der Waals surface area contributed by atoms with Gasteiger partial charge in [0.25, 0.3) is 11.7 Å². The molecular weight excluding hydrogens is 1030 g/mol. The number of halogens is 1. The maximum Gasteiger partial charge on any atom is 0.341 e. The summed E-state index contributed by atoms with van der Waals surface area (Å²) >= 11 is 0. The van der Waals surface area contributed by atoms with E-state index in [0.29, 0.717) is 19.4 Å². The third kappa shape index (κ3) is 10.8. The molecule has 1 saturated carbocycles. The summed E-state index contributed by atoms with van der Waals surface area (Å²) in [4.78, 5) is 68.4. The highest BCUT2D eigenvalue weighted by molar-refractivity contribution is 6.24. The molecule has 9 rings (SSSR count). The van der Waals surface area contributed by atoms with Crippen LogP contribution >= 0.6 is 0 Å². The molecular formula is C56H69FN6O16. The second-order valence-corrected chi connectivity index (χ2v) is 21.2. The number of amides is 1. The smallest absolute Gasteiger partial charge is 0.341 e. The number of methoxy groups -OCH3 is 2. The number of carboxylic acid groups (broad SMARTS) is 1. The number of esters is 1. The van der Waals surface area contributed by atoms with Gasteiger partial charge in [-0.2, -0.15) is 5.10 Å². The van der Waals surface area contributed by atoms with E-state index in [1.807, 2.05) is 0 Å². The van der Waals surface area contributed by atoms with Crippen LogP contribution in [0.2, 0.25) is 0 Å². The summed E-state index contributed by atoms with van der Waals surface area (Å²) in [6.07, 6.45) is 4.94. The van der Waals surface area contributed by atoms with E-state index in [0.717, 1.165) is 25.1 Å². The molecule has 5 bridgehead atoms. The van der Waals surface area contributed by atoms with E-state index in [1.165, 1.54) is 60.3 Å². The van der Waals surface area contributed by atoms with Gasteiger partial charge in [-0.25, -0.2) is 9.18 Å². The normalized spacial score (nSPS) is 28.4. The number of Topliss-reactive ketones (excluding diaryl/α,β-unsaturated/α-hetero) is 1. The first-order valence-corrected chi connectivity index (χ1v) is 26.2. The number of hydrazone groups is 1. The number of aliphatic hydroxyl groups excluding tert-OH is 2. The van der Waals surface area contributed by atoms with Crippen molar-refractivity contribution in [2.75, 3.05) is 44.1 Å². The number of hydrogen-bond acceptors (Lipinski definition) is 19. The van der Waals surface area contributed by atoms with Crippen LogP contribution in [0.1, 0.15) is 112 Å². The number of aromatic nitrogens is 1. The van der Waals surface area contributed by atoms with Gasteiger partial charge in [0, 0.05) is 80.6 Å². The molecule has 426 valence electrons. The van der Waals surface area contributed by atoms with Gasteiger partial charge in [-0.15, -0.1) is 0 Å². The largest absolute Gasteiger partial charge is 0.507 e. The zero-order chi connectivity index (χ0) is 57.7. The Morgan fingerprint density at radius 1 is 1.00 bits per heavy atom. The minimum Gasteiger partial charge on any atom is -0.507 e. The number of nitrogens with one attached hydrogen (secondary N) is 2. The molecule has 10 N–H and O–H groups in total. The van der Waals surface area contributed by atoms with E-state index < -0.39 is 129 Å². The first-order valence-electron chi connectivity index (χ1n) is 26.2. The second-order valence-electron chi connectivity index (χ2n) is 21.2. The Kier molecular flexibility index (Phi) is 16.7. The van der Waals surface area contributed by atoms with Crippen LogP contribution in [0.4, 0.5) is 15.8 Å². The van der Waals surface area contributed by atoms with Crippen molar-refractivity contribution in [3.8, 4) is 28.7 Å². The highest BCUT2D eigenvalue weighted by Crippen LogP contribution is 2.55. The van der Waals surface area contributed by atoms with Crippen LogP contribution in [0.5, 0.6) is 28.7 Å². The molecule has 5 heterocycles. The second kappa shape index (κ2) is 22.8. The highest BCUT2D eigenvalue weighted by atomic mass is 19.1. The van der Waals surface area contributed by atoms with Crippen LogP contribution in [0, 0.1) is 30.5 Å². The van der Waals surface area contributed by atoms with Gasteiger partial charge < -0.3 is 80.3 Å². The summed E-state index contributed by atoms with van der Waals surface area (Å²) in [5.74, 6) is -11.0. The van der Waals surface area contributed by atoms with Crippen molar-refractivity contribution in [3.05, 3.63) is 74.4 Å². The van der Waals surface area contributed by atoms with E-state index >= 15 is 4.39 Å². The number of ether oxygens (including phenoxy) is 5. The number of carbonyl (C=O) groups is 4. The Morgan fingerprint density at radius 2 is 1.71 bits per heavy atom. The number of aromatic carboxylic acids is 1. The number of nitrogens with zero attached hydrogens (tertiary/aromatic N) is 3. The monoisotopic (exact) mass is 1100 g/mol. The van der Waals surface area contributed by atoms with Gasteiger partial charge in [-0.1, -0.05) is 39.0 Å². The predicted octanol–water partition coefficient (Wildman–Crippen LogP) is 5.41. The summed E-state index contributed by atoms with van der Waals surface area (Å²) in [7, 11) is 2.76. The number of hydrogen-bond donors (Lipinski definition) is 9. The summed E-state index contributed by atoms with van der Waals surface area (Å²) < 4.78 is 47.7. The maximum atomic E-state index is 16.4. The minimum absolute atomic E-state index is 0.0159. The van der Waals surface area contributed by atoms with Crippen LogP contribution < -0.4 is 36.3 Å². The number of rotatable bonds is 9. The van der Waals surface area contributed by atoms with Gasteiger partial charge in [0.2, 0.25) is 11.2 Å². The number of aromatic hydroxyl groups is 3. The molecule has 79 heavy (non-hydrogen) atoms. The lowest BCUT2D eigenvalue weighted by molar-refractivity contribution is -0.160. The molecule has 0 spiro atoms. The summed E-state index contributed by atoms with van der Waals surface area (Å²) in [5, 5.41) is 75.4. The number of anilines is 2. The van der Waals surface area contributed by atoms with E-state index in [1.54, 1.807) is 36.3 Å². The molecule has 1 aromatic heterocycles. The van der Waals surface area contributed by atoms with Crippen LogP contribution in [0.3, 0.4) is 0 Å². The number of carboxylic acids is 1. The number of phenols is 3. The molecule has 2 fully saturated rings. The Balaban J connectivity index is 1.19. The van der Waals surface area contributed by atoms with Crippen LogP contribution in [0.25, 0.3) is 21.7 Å². The fraction of sp³-hybridized carbons (Fsp3) is 0.500. The topological polar surface area (TPSA) is 323 Å². The number of ketones is 1. The lowest BCUT2D eigenvalue weighted by Crippen LogP contribution is -2.55. The summed E-state index contributed by atoms with van der Waals surface area (Å²) in [6, 6.07) is -0.814. The zero-order valence-corrected chi connectivity index (χ0v) is 45.5. The zero-order valence-electron chi connectivity index (χ0n) is 45.5. The van der Waals surface area contributed by atoms with Gasteiger partial charge in [-0.05, 0) is 52.0 Å². The average Bonchev–Trinajstić information content (AvgIpc) is 4.46. The number of carbonyl (C=O) groups excluding carboxylic acids is 3. The molecule has 1 amide bonds. The first kappa shape index (κ1) is 57.9. The molecule has 10 atom stereocenters. The van der Waals surface area contributed by atoms with E-state index in [9.17, 15) is 54.6 Å². The quantitative estimate of drug-likeness (QED) is 0.0333. The van der Waals surface area contributed by atoms with Crippen LogP contribution in [-0.4, -0.2) is 141 Å². The summed E-state index contributed by atoms with van der Waals surface area (Å²) in [6.45, 7) is 10.7. The number of phenolic OH excluding ortho intramolecular Hbond substituents is 3. The first-order chi connectivity index (χ1) is 37.4. The van der Waals surface area contributed by atoms with E-state index in [4.69, 9.17) is 29.4 Å². The lowest BCUT2D eigenvalue weighted by atomic mass is 9.81. The molecule has 3 aromatic carbocycles. The van der Waals surface area contributed by atoms with E-state index in [-0.39, 0.29) is 81.4 Å². The molecule has 4 aliphatic heterocycles. The molecule has 22 nitrogen and oxygen atoms in total. The van der Waals surface area contributed by atoms with Crippen molar-refractivity contribution in [3.63, 3.8) is 0 Å². The van der Waals surface area contributed by atoms with Crippen LogP contribution in [-0.2, 0) is 23.8 Å². The molecule has 1 aliphatic carbocycles. The fourth-order valence-electron chi connectivity index (χ4n) is 11.1. The molecule has 5 aliphatic rings. The van der Waals surface area contributed by atoms with Gasteiger partial charge in [-0.3, -0.25) is 19.2 Å². The van der Waals surface area contributed by atoms with Gasteiger partial charge in [0.15, 0.2) is 17.3 Å². The number of benzene rings is 3. The Morgan fingerprint density at radius 3 is 2.35 bits per heavy atom. The standard InChI is InChI=1S/C56H69FN6O16/c1-24-12-10-13-25(2)54(72)60-41-33(21-59-61-30-14-11-18-62(22-30)43-35(57)20-32-42(52(43)76-9)63(31-15-16-31)23-34(47(32)68)55(73)74)48(69)37-38(49(41)70)45(66)28(5)50-39(37)53(71)56(7,79-50)77-19-17-36(75-8)26(3)51(78-29(6)64)40(58)46(67)27(4)44(24)65/h10,12-13,20-21,23-24,26-27,30-31,36,40,44,46,51,61,65-67,69-70H,11,14-19,22,58H2,1-9H3,(H,60,72)(H,73,74)/b12-10+,25-13-,59-21+/t24-,26+,27+,30?,36-,40+,44-,46+,51+,56-/m0/s1. The highest BCUT2D eigenvalue weighted by Gasteiger charge is 2.50. The predicted molar refractivity (Wildman–Crippen MR) is 289 cm³/mol. The summed E-state index contributed by atoms with van der Waals surface area (Å²) in [5.41, 5.74) is 7.67. The maximum absolute atomic E-state index is 16.4. The van der Waals surface area contributed by atoms with E-state index in [2.05, 4.69) is 15.8 Å². The Hall–Kier alpha value is -7.31. The number of aliphatic hydroxyl groups is 2. The third-order valence-corrected chi connectivity index (χ3v) is 15.8. The molecule has 1 saturated heterocycles. The van der Waals surface area contributed by atoms with Crippen molar-refractivity contribution in [1.29, 1.82) is 0 Å². The molecule has 23 heteroatoms. The Bertz CT molecular complexity index is 3260. The van der Waals surface area contributed by atoms with Gasteiger partial charge >= 0.3 is 11.9 Å². The molecule has 4 aromatic rings. The number of fused-ring (bicyclic) bond motifs is 16. The lowest BCUT2D eigenvalue weighted by Gasteiger charge is -2.38. The number of pyridine rings is 1.